The highest BCUT2D eigenvalue weighted by atomic mass is 16.6. The molecule has 0 unspecified atom stereocenters. The van der Waals surface area contributed by atoms with E-state index in [1.54, 1.807) is 18.2 Å². The zero-order valence-electron chi connectivity index (χ0n) is 14.3. The first-order valence-electron chi connectivity index (χ1n) is 8.20. The molecule has 140 valence electrons. The number of anilines is 2. The van der Waals surface area contributed by atoms with E-state index in [4.69, 9.17) is 5.73 Å². The third-order valence-electron chi connectivity index (χ3n) is 4.50. The molecule has 0 saturated carbocycles. The Bertz CT molecular complexity index is 908. The SMILES string of the molecule is NC(=O)c1ccc(N2CCN(c3ccccc3[N+](=O)[O-])CC2)c([N+](=O)[O-])c1. The quantitative estimate of drug-likeness (QED) is 0.626. The standard InChI is InChI=1S/C17H17N5O5/c18-17(23)12-5-6-14(16(11-12)22(26)27)20-9-7-19(8-10-20)13-3-1-2-4-15(13)21(24)25/h1-6,11H,7-10H2,(H2,18,23). The Labute approximate surface area is 154 Å². The van der Waals surface area contributed by atoms with E-state index in [-0.39, 0.29) is 16.9 Å². The van der Waals surface area contributed by atoms with Crippen LogP contribution in [0.1, 0.15) is 10.4 Å². The Balaban J connectivity index is 1.81. The maximum absolute atomic E-state index is 11.4. The van der Waals surface area contributed by atoms with Crippen molar-refractivity contribution in [3.05, 3.63) is 68.3 Å². The van der Waals surface area contributed by atoms with Gasteiger partial charge in [0.25, 0.3) is 11.4 Å². The predicted molar refractivity (Wildman–Crippen MR) is 99.1 cm³/mol. The summed E-state index contributed by atoms with van der Waals surface area (Å²) < 4.78 is 0. The van der Waals surface area contributed by atoms with Crippen molar-refractivity contribution in [3.63, 3.8) is 0 Å². The van der Waals surface area contributed by atoms with Crippen molar-refractivity contribution in [3.8, 4) is 0 Å². The summed E-state index contributed by atoms with van der Waals surface area (Å²) in [5.41, 5.74) is 6.03. The lowest BCUT2D eigenvalue weighted by molar-refractivity contribution is -0.384. The third kappa shape index (κ3) is 3.64. The smallest absolute Gasteiger partial charge is 0.293 e. The summed E-state index contributed by atoms with van der Waals surface area (Å²) in [6.45, 7) is 1.84. The zero-order valence-corrected chi connectivity index (χ0v) is 14.3. The van der Waals surface area contributed by atoms with Crippen LogP contribution in [0.15, 0.2) is 42.5 Å². The van der Waals surface area contributed by atoms with E-state index in [2.05, 4.69) is 0 Å². The van der Waals surface area contributed by atoms with E-state index < -0.39 is 15.8 Å². The summed E-state index contributed by atoms with van der Waals surface area (Å²) in [5.74, 6) is -0.731. The van der Waals surface area contributed by atoms with Crippen LogP contribution in [0.3, 0.4) is 0 Å². The summed E-state index contributed by atoms with van der Waals surface area (Å²) in [6.07, 6.45) is 0. The number of para-hydroxylation sites is 2. The minimum absolute atomic E-state index is 0.0303. The van der Waals surface area contributed by atoms with E-state index in [9.17, 15) is 25.0 Å². The van der Waals surface area contributed by atoms with Gasteiger partial charge >= 0.3 is 0 Å². The molecule has 1 saturated heterocycles. The molecular formula is C17H17N5O5. The molecule has 0 radical (unpaired) electrons. The lowest BCUT2D eigenvalue weighted by Gasteiger charge is -2.36. The van der Waals surface area contributed by atoms with Crippen LogP contribution in [0, 0.1) is 20.2 Å². The molecule has 0 atom stereocenters. The largest absolute Gasteiger partial charge is 0.366 e. The maximum atomic E-state index is 11.4. The molecule has 0 spiro atoms. The van der Waals surface area contributed by atoms with Gasteiger partial charge in [-0.05, 0) is 18.2 Å². The van der Waals surface area contributed by atoms with Gasteiger partial charge in [-0.1, -0.05) is 12.1 Å². The Morgan fingerprint density at radius 3 is 1.89 bits per heavy atom. The predicted octanol–water partition coefficient (Wildman–Crippen LogP) is 1.93. The van der Waals surface area contributed by atoms with Crippen LogP contribution in [0.5, 0.6) is 0 Å². The second-order valence-electron chi connectivity index (χ2n) is 6.04. The molecular weight excluding hydrogens is 354 g/mol. The van der Waals surface area contributed by atoms with E-state index in [0.29, 0.717) is 37.6 Å². The number of benzene rings is 2. The van der Waals surface area contributed by atoms with Crippen molar-refractivity contribution in [2.75, 3.05) is 36.0 Å². The Morgan fingerprint density at radius 2 is 1.37 bits per heavy atom. The molecule has 2 aromatic carbocycles. The first-order valence-corrected chi connectivity index (χ1v) is 8.20. The number of primary amides is 1. The van der Waals surface area contributed by atoms with Gasteiger partial charge in [-0.2, -0.15) is 0 Å². The van der Waals surface area contributed by atoms with E-state index in [1.807, 2.05) is 9.80 Å². The number of nitro groups is 2. The molecule has 1 aliphatic heterocycles. The van der Waals surface area contributed by atoms with Gasteiger partial charge in [0.05, 0.1) is 9.85 Å². The highest BCUT2D eigenvalue weighted by Crippen LogP contribution is 2.32. The van der Waals surface area contributed by atoms with Crippen molar-refractivity contribution in [1.82, 2.24) is 0 Å². The van der Waals surface area contributed by atoms with Crippen LogP contribution in [-0.4, -0.2) is 41.9 Å². The molecule has 0 aromatic heterocycles. The molecule has 2 aromatic rings. The van der Waals surface area contributed by atoms with Crippen LogP contribution >= 0.6 is 0 Å². The zero-order chi connectivity index (χ0) is 19.6. The second kappa shape index (κ2) is 7.28. The maximum Gasteiger partial charge on any atom is 0.293 e. The van der Waals surface area contributed by atoms with Gasteiger partial charge in [0.1, 0.15) is 11.4 Å². The molecule has 1 aliphatic rings. The molecule has 0 bridgehead atoms. The van der Waals surface area contributed by atoms with Crippen molar-refractivity contribution >= 4 is 28.7 Å². The average Bonchev–Trinajstić information content (AvgIpc) is 2.67. The summed E-state index contributed by atoms with van der Waals surface area (Å²) in [5, 5.41) is 22.6. The summed E-state index contributed by atoms with van der Waals surface area (Å²) in [6, 6.07) is 10.6. The molecule has 10 nitrogen and oxygen atoms in total. The van der Waals surface area contributed by atoms with E-state index in [1.165, 1.54) is 24.3 Å². The molecule has 2 N–H and O–H groups in total. The number of nitrogens with zero attached hydrogens (tertiary/aromatic N) is 4. The van der Waals surface area contributed by atoms with Gasteiger partial charge < -0.3 is 15.5 Å². The van der Waals surface area contributed by atoms with Gasteiger partial charge in [-0.3, -0.25) is 25.0 Å². The van der Waals surface area contributed by atoms with Gasteiger partial charge in [0, 0.05) is 43.9 Å². The lowest BCUT2D eigenvalue weighted by Crippen LogP contribution is -2.46. The summed E-state index contributed by atoms with van der Waals surface area (Å²) in [7, 11) is 0. The van der Waals surface area contributed by atoms with Crippen LogP contribution < -0.4 is 15.5 Å². The number of hydrogen-bond donors (Lipinski definition) is 1. The van der Waals surface area contributed by atoms with Crippen LogP contribution in [-0.2, 0) is 0 Å². The Kier molecular flexibility index (Phi) is 4.88. The second-order valence-corrected chi connectivity index (χ2v) is 6.04. The number of carbonyl (C=O) groups excluding carboxylic acids is 1. The Morgan fingerprint density at radius 1 is 0.852 bits per heavy atom. The number of nitrogens with two attached hydrogens (primary N) is 1. The first kappa shape index (κ1) is 18.1. The fourth-order valence-corrected chi connectivity index (χ4v) is 3.16. The molecule has 1 amide bonds. The lowest BCUT2D eigenvalue weighted by atomic mass is 10.1. The fraction of sp³-hybridized carbons (Fsp3) is 0.235. The van der Waals surface area contributed by atoms with Gasteiger partial charge in [0.15, 0.2) is 0 Å². The molecule has 1 fully saturated rings. The van der Waals surface area contributed by atoms with Crippen molar-refractivity contribution in [2.45, 2.75) is 0 Å². The van der Waals surface area contributed by atoms with Crippen molar-refractivity contribution in [2.24, 2.45) is 5.73 Å². The van der Waals surface area contributed by atoms with Crippen LogP contribution in [0.25, 0.3) is 0 Å². The number of amides is 1. The number of hydrogen-bond acceptors (Lipinski definition) is 7. The van der Waals surface area contributed by atoms with Crippen LogP contribution in [0.4, 0.5) is 22.7 Å². The summed E-state index contributed by atoms with van der Waals surface area (Å²) in [4.78, 5) is 36.6. The van der Waals surface area contributed by atoms with E-state index >= 15 is 0 Å². The normalized spacial score (nSPS) is 14.1. The van der Waals surface area contributed by atoms with Gasteiger partial charge in [-0.25, -0.2) is 0 Å². The molecule has 1 heterocycles. The molecule has 0 aliphatic carbocycles. The number of carbonyl (C=O) groups is 1. The number of nitro benzene ring substituents is 2. The van der Waals surface area contributed by atoms with Crippen molar-refractivity contribution < 1.29 is 14.6 Å². The molecule has 10 heteroatoms. The molecule has 27 heavy (non-hydrogen) atoms. The minimum Gasteiger partial charge on any atom is -0.366 e. The first-order chi connectivity index (χ1) is 12.9. The number of piperazine rings is 1. The average molecular weight is 371 g/mol. The molecule has 3 rings (SSSR count). The van der Waals surface area contributed by atoms with Crippen LogP contribution in [0.2, 0.25) is 0 Å². The minimum atomic E-state index is -0.731. The highest BCUT2D eigenvalue weighted by Gasteiger charge is 2.27. The highest BCUT2D eigenvalue weighted by molar-refractivity contribution is 5.94. The third-order valence-corrected chi connectivity index (χ3v) is 4.50. The monoisotopic (exact) mass is 371 g/mol. The summed E-state index contributed by atoms with van der Waals surface area (Å²) >= 11 is 0. The van der Waals surface area contributed by atoms with Gasteiger partial charge in [-0.15, -0.1) is 0 Å². The fourth-order valence-electron chi connectivity index (χ4n) is 3.16. The Hall–Kier alpha value is -3.69. The van der Waals surface area contributed by atoms with Crippen molar-refractivity contribution in [1.29, 1.82) is 0 Å². The van der Waals surface area contributed by atoms with E-state index in [0.717, 1.165) is 0 Å². The van der Waals surface area contributed by atoms with Gasteiger partial charge in [0.2, 0.25) is 5.91 Å². The number of rotatable bonds is 5. The topological polar surface area (TPSA) is 136 Å².